The lowest BCUT2D eigenvalue weighted by Crippen LogP contribution is -2.54. The van der Waals surface area contributed by atoms with E-state index < -0.39 is 0 Å². The van der Waals surface area contributed by atoms with Crippen LogP contribution in [0.15, 0.2) is 61.2 Å². The first-order valence-corrected chi connectivity index (χ1v) is 10.7. The van der Waals surface area contributed by atoms with E-state index in [0.29, 0.717) is 17.6 Å². The van der Waals surface area contributed by atoms with Gasteiger partial charge in [0.15, 0.2) is 0 Å². The summed E-state index contributed by atoms with van der Waals surface area (Å²) in [7, 11) is 3.54. The lowest BCUT2D eigenvalue weighted by atomic mass is 9.94. The van der Waals surface area contributed by atoms with Crippen LogP contribution in [0.3, 0.4) is 0 Å². The van der Waals surface area contributed by atoms with Crippen LogP contribution in [0.5, 0.6) is 5.75 Å². The van der Waals surface area contributed by atoms with Crippen LogP contribution in [0.2, 0.25) is 0 Å². The number of aromatic hydroxyl groups is 1. The van der Waals surface area contributed by atoms with Crippen LogP contribution in [0.25, 0.3) is 0 Å². The van der Waals surface area contributed by atoms with Gasteiger partial charge in [0.2, 0.25) is 0 Å². The van der Waals surface area contributed by atoms with Crippen molar-refractivity contribution in [3.63, 3.8) is 0 Å². The molecule has 0 saturated carbocycles. The highest BCUT2D eigenvalue weighted by atomic mass is 16.3. The smallest absolute Gasteiger partial charge is 0.253 e. The van der Waals surface area contributed by atoms with Gasteiger partial charge >= 0.3 is 0 Å². The lowest BCUT2D eigenvalue weighted by Gasteiger charge is -2.44. The molecule has 2 fully saturated rings. The first-order valence-electron chi connectivity index (χ1n) is 10.7. The molecule has 0 spiro atoms. The summed E-state index contributed by atoms with van der Waals surface area (Å²) in [5, 5.41) is 10.1. The Bertz CT molecular complexity index is 895. The fourth-order valence-electron chi connectivity index (χ4n) is 5.06. The summed E-state index contributed by atoms with van der Waals surface area (Å²) in [6, 6.07) is 16.6. The predicted molar refractivity (Wildman–Crippen MR) is 120 cm³/mol. The average molecular weight is 406 g/mol. The number of hydrogen-bond acceptors (Lipinski definition) is 4. The van der Waals surface area contributed by atoms with E-state index >= 15 is 0 Å². The van der Waals surface area contributed by atoms with Crippen molar-refractivity contribution < 1.29 is 9.90 Å². The number of piperazine rings is 1. The van der Waals surface area contributed by atoms with Gasteiger partial charge in [-0.15, -0.1) is 6.58 Å². The molecule has 1 N–H and O–H groups in total. The van der Waals surface area contributed by atoms with Gasteiger partial charge in [-0.05, 0) is 48.2 Å². The molecule has 5 nitrogen and oxygen atoms in total. The maximum Gasteiger partial charge on any atom is 0.253 e. The maximum absolute atomic E-state index is 12.3. The molecule has 0 aromatic heterocycles. The summed E-state index contributed by atoms with van der Waals surface area (Å²) in [4.78, 5) is 19.0. The van der Waals surface area contributed by atoms with Crippen molar-refractivity contribution in [1.82, 2.24) is 14.7 Å². The van der Waals surface area contributed by atoms with Crippen molar-refractivity contribution in [2.75, 3.05) is 33.7 Å². The van der Waals surface area contributed by atoms with Crippen molar-refractivity contribution in [3.8, 4) is 5.75 Å². The number of nitrogens with zero attached hydrogens (tertiary/aromatic N) is 3. The monoisotopic (exact) mass is 405 g/mol. The highest BCUT2D eigenvalue weighted by Crippen LogP contribution is 2.38. The minimum absolute atomic E-state index is 0.00605. The number of carbonyl (C=O) groups is 1. The second-order valence-corrected chi connectivity index (χ2v) is 8.64. The molecule has 5 heteroatoms. The van der Waals surface area contributed by atoms with Crippen LogP contribution in [0, 0.1) is 0 Å². The number of phenolic OH excluding ortho intramolecular Hbond substituents is 1. The molecular weight excluding hydrogens is 374 g/mol. The molecule has 0 aliphatic carbocycles. The van der Waals surface area contributed by atoms with Crippen LogP contribution in [0.4, 0.5) is 0 Å². The molecule has 2 saturated heterocycles. The molecule has 2 aliphatic rings. The van der Waals surface area contributed by atoms with Gasteiger partial charge in [-0.3, -0.25) is 14.6 Å². The highest BCUT2D eigenvalue weighted by molar-refractivity contribution is 5.93. The zero-order chi connectivity index (χ0) is 21.3. The Morgan fingerprint density at radius 2 is 1.80 bits per heavy atom. The molecule has 158 valence electrons. The summed E-state index contributed by atoms with van der Waals surface area (Å²) in [5.74, 6) is 0.289. The van der Waals surface area contributed by atoms with Crippen molar-refractivity contribution in [1.29, 1.82) is 0 Å². The summed E-state index contributed by atoms with van der Waals surface area (Å²) in [6.07, 6.45) is 4.45. The summed E-state index contributed by atoms with van der Waals surface area (Å²) < 4.78 is 0. The van der Waals surface area contributed by atoms with Crippen molar-refractivity contribution >= 4 is 5.91 Å². The van der Waals surface area contributed by atoms with Crippen LogP contribution >= 0.6 is 0 Å². The van der Waals surface area contributed by atoms with E-state index in [0.717, 1.165) is 30.8 Å². The third-order valence-corrected chi connectivity index (χ3v) is 6.43. The standard InChI is InChI=1S/C25H31N3O2/c1-4-14-28-21-12-13-22(28)17-27(16-21)24(20-6-5-7-23(29)15-20)18-8-10-19(11-9-18)25(30)26(2)3/h4-11,15,21-22,24,29H,1,12-14,16-17H2,2-3H3. The fraction of sp³-hybridized carbons (Fsp3) is 0.400. The number of likely N-dealkylation sites (tertiary alicyclic amines) is 1. The molecule has 2 aliphatic heterocycles. The van der Waals surface area contributed by atoms with E-state index in [4.69, 9.17) is 0 Å². The van der Waals surface area contributed by atoms with Crippen LogP contribution in [0.1, 0.15) is 40.4 Å². The lowest BCUT2D eigenvalue weighted by molar-refractivity contribution is 0.0582. The summed E-state index contributed by atoms with van der Waals surface area (Å²) in [5.41, 5.74) is 2.92. The number of carbonyl (C=O) groups excluding carboxylic acids is 1. The highest BCUT2D eigenvalue weighted by Gasteiger charge is 2.41. The second-order valence-electron chi connectivity index (χ2n) is 8.64. The largest absolute Gasteiger partial charge is 0.508 e. The van der Waals surface area contributed by atoms with Gasteiger partial charge in [0.05, 0.1) is 6.04 Å². The molecule has 2 heterocycles. The van der Waals surface area contributed by atoms with E-state index in [9.17, 15) is 9.90 Å². The van der Waals surface area contributed by atoms with Crippen molar-refractivity contribution in [2.45, 2.75) is 31.0 Å². The summed E-state index contributed by atoms with van der Waals surface area (Å²) in [6.45, 7) is 6.86. The topological polar surface area (TPSA) is 47.0 Å². The van der Waals surface area contributed by atoms with E-state index in [1.807, 2.05) is 30.3 Å². The van der Waals surface area contributed by atoms with Gasteiger partial charge in [0.25, 0.3) is 5.91 Å². The zero-order valence-electron chi connectivity index (χ0n) is 17.9. The number of hydrogen-bond donors (Lipinski definition) is 1. The molecule has 30 heavy (non-hydrogen) atoms. The number of fused-ring (bicyclic) bond motifs is 2. The maximum atomic E-state index is 12.3. The van der Waals surface area contributed by atoms with Gasteiger partial charge in [0, 0.05) is 51.4 Å². The van der Waals surface area contributed by atoms with E-state index in [-0.39, 0.29) is 17.7 Å². The number of amides is 1. The average Bonchev–Trinajstić information content (AvgIpc) is 2.96. The van der Waals surface area contributed by atoms with Gasteiger partial charge in [-0.25, -0.2) is 0 Å². The molecule has 3 unspecified atom stereocenters. The Labute approximate surface area is 179 Å². The van der Waals surface area contributed by atoms with Gasteiger partial charge in [-0.2, -0.15) is 0 Å². The number of phenols is 1. The van der Waals surface area contributed by atoms with Gasteiger partial charge in [-0.1, -0.05) is 30.3 Å². The minimum atomic E-state index is 0.00605. The third kappa shape index (κ3) is 4.00. The molecule has 0 radical (unpaired) electrons. The van der Waals surface area contributed by atoms with Crippen molar-refractivity contribution in [2.24, 2.45) is 0 Å². The molecule has 2 aromatic rings. The van der Waals surface area contributed by atoms with Crippen LogP contribution in [-0.4, -0.2) is 71.5 Å². The second kappa shape index (κ2) is 8.62. The Morgan fingerprint density at radius 3 is 2.37 bits per heavy atom. The minimum Gasteiger partial charge on any atom is -0.508 e. The fourth-order valence-corrected chi connectivity index (χ4v) is 5.06. The van der Waals surface area contributed by atoms with Crippen molar-refractivity contribution in [3.05, 3.63) is 77.9 Å². The first kappa shape index (κ1) is 20.6. The molecular formula is C25H31N3O2. The third-order valence-electron chi connectivity index (χ3n) is 6.43. The van der Waals surface area contributed by atoms with Crippen LogP contribution < -0.4 is 0 Å². The summed E-state index contributed by atoms with van der Waals surface area (Å²) >= 11 is 0. The Balaban J connectivity index is 1.66. The van der Waals surface area contributed by atoms with Crippen LogP contribution in [-0.2, 0) is 0 Å². The quantitative estimate of drug-likeness (QED) is 0.747. The molecule has 3 atom stereocenters. The van der Waals surface area contributed by atoms with Gasteiger partial charge < -0.3 is 10.0 Å². The molecule has 2 aromatic carbocycles. The molecule has 4 rings (SSSR count). The number of benzene rings is 2. The Kier molecular flexibility index (Phi) is 5.93. The molecule has 1 amide bonds. The Hall–Kier alpha value is -2.63. The number of rotatable bonds is 6. The van der Waals surface area contributed by atoms with E-state index in [1.165, 1.54) is 12.8 Å². The SMILES string of the molecule is C=CCN1C2CCC1CN(C(c1ccc(C(=O)N(C)C)cc1)c1cccc(O)c1)C2. The zero-order valence-corrected chi connectivity index (χ0v) is 17.9. The Morgan fingerprint density at radius 1 is 1.13 bits per heavy atom. The molecule has 2 bridgehead atoms. The van der Waals surface area contributed by atoms with Gasteiger partial charge in [0.1, 0.15) is 5.75 Å². The predicted octanol–water partition coefficient (Wildman–Crippen LogP) is 3.52. The van der Waals surface area contributed by atoms with E-state index in [2.05, 4.69) is 34.6 Å². The first-order chi connectivity index (χ1) is 14.5. The normalized spacial score (nSPS) is 22.6. The van der Waals surface area contributed by atoms with E-state index in [1.54, 1.807) is 25.1 Å².